The summed E-state index contributed by atoms with van der Waals surface area (Å²) in [5.74, 6) is -1.02. The summed E-state index contributed by atoms with van der Waals surface area (Å²) in [7, 11) is 0. The van der Waals surface area contributed by atoms with E-state index in [4.69, 9.17) is 5.73 Å². The lowest BCUT2D eigenvalue weighted by atomic mass is 10.2. The summed E-state index contributed by atoms with van der Waals surface area (Å²) in [6.07, 6.45) is -3.67. The summed E-state index contributed by atoms with van der Waals surface area (Å²) in [6.45, 7) is 0. The second-order valence-electron chi connectivity index (χ2n) is 2.69. The van der Waals surface area contributed by atoms with Gasteiger partial charge >= 0.3 is 6.29 Å². The SMILES string of the molecule is Cl.NC(=O)c1ccc2c(c1)OC(F)(F)O2. The van der Waals surface area contributed by atoms with Crippen LogP contribution in [0.25, 0.3) is 0 Å². The van der Waals surface area contributed by atoms with Crippen LogP contribution in [0.5, 0.6) is 11.5 Å². The minimum absolute atomic E-state index is 0. The zero-order valence-electron chi connectivity index (χ0n) is 7.20. The molecule has 4 nitrogen and oxygen atoms in total. The number of carbonyl (C=O) groups is 1. The summed E-state index contributed by atoms with van der Waals surface area (Å²) in [4.78, 5) is 10.7. The van der Waals surface area contributed by atoms with E-state index in [1.807, 2.05) is 0 Å². The van der Waals surface area contributed by atoms with E-state index in [0.29, 0.717) is 0 Å². The number of alkyl halides is 2. The molecule has 2 rings (SSSR count). The standard InChI is InChI=1S/C8H5F2NO3.ClH/c9-8(10)13-5-2-1-4(7(11)12)3-6(5)14-8;/h1-3H,(H2,11,12);1H. The Balaban J connectivity index is 0.00000112. The summed E-state index contributed by atoms with van der Waals surface area (Å²) < 4.78 is 33.3. The number of amides is 1. The van der Waals surface area contributed by atoms with Gasteiger partial charge in [0.05, 0.1) is 0 Å². The lowest BCUT2D eigenvalue weighted by Crippen LogP contribution is -2.25. The maximum absolute atomic E-state index is 12.5. The van der Waals surface area contributed by atoms with Crippen LogP contribution in [0, 0.1) is 0 Å². The van der Waals surface area contributed by atoms with Crippen LogP contribution >= 0.6 is 12.4 Å². The molecule has 0 aliphatic carbocycles. The average Bonchev–Trinajstić information content (AvgIpc) is 2.36. The highest BCUT2D eigenvalue weighted by Crippen LogP contribution is 2.41. The maximum Gasteiger partial charge on any atom is 0.586 e. The van der Waals surface area contributed by atoms with Crippen molar-refractivity contribution in [2.24, 2.45) is 5.73 Å². The molecule has 1 aliphatic heterocycles. The number of fused-ring (bicyclic) bond motifs is 1. The Kier molecular flexibility index (Phi) is 2.72. The molecule has 2 N–H and O–H groups in total. The number of carbonyl (C=O) groups excluding carboxylic acids is 1. The van der Waals surface area contributed by atoms with Gasteiger partial charge in [-0.1, -0.05) is 0 Å². The van der Waals surface area contributed by atoms with Crippen LogP contribution in [-0.2, 0) is 0 Å². The number of benzene rings is 1. The molecular weight excluding hydrogens is 232 g/mol. The third kappa shape index (κ3) is 2.10. The van der Waals surface area contributed by atoms with Crippen LogP contribution in [0.3, 0.4) is 0 Å². The molecule has 1 aliphatic rings. The highest BCUT2D eigenvalue weighted by molar-refractivity contribution is 5.93. The third-order valence-electron chi connectivity index (χ3n) is 1.69. The Morgan fingerprint density at radius 3 is 2.47 bits per heavy atom. The molecule has 0 aromatic heterocycles. The molecule has 1 heterocycles. The first-order chi connectivity index (χ1) is 6.48. The largest absolute Gasteiger partial charge is 0.586 e. The predicted octanol–water partition coefficient (Wildman–Crippen LogP) is 1.53. The molecule has 7 heteroatoms. The summed E-state index contributed by atoms with van der Waals surface area (Å²) >= 11 is 0. The minimum Gasteiger partial charge on any atom is -0.395 e. The van der Waals surface area contributed by atoms with Gasteiger partial charge in [-0.15, -0.1) is 21.2 Å². The van der Waals surface area contributed by atoms with Gasteiger partial charge in [-0.05, 0) is 18.2 Å². The second-order valence-corrected chi connectivity index (χ2v) is 2.69. The van der Waals surface area contributed by atoms with Gasteiger partial charge in [-0.2, -0.15) is 0 Å². The van der Waals surface area contributed by atoms with E-state index < -0.39 is 12.2 Å². The normalized spacial score (nSPS) is 15.6. The third-order valence-corrected chi connectivity index (χ3v) is 1.69. The van der Waals surface area contributed by atoms with E-state index >= 15 is 0 Å². The van der Waals surface area contributed by atoms with E-state index in [-0.39, 0.29) is 29.5 Å². The Labute approximate surface area is 89.4 Å². The van der Waals surface area contributed by atoms with Gasteiger partial charge in [-0.3, -0.25) is 4.79 Å². The molecule has 0 saturated heterocycles. The van der Waals surface area contributed by atoms with E-state index in [1.54, 1.807) is 0 Å². The van der Waals surface area contributed by atoms with E-state index in [0.717, 1.165) is 6.07 Å². The predicted molar refractivity (Wildman–Crippen MR) is 48.4 cm³/mol. The molecule has 0 fully saturated rings. The first kappa shape index (κ1) is 11.5. The molecular formula is C8H6ClF2NO3. The van der Waals surface area contributed by atoms with Crippen LogP contribution in [0.1, 0.15) is 10.4 Å². The highest BCUT2D eigenvalue weighted by Gasteiger charge is 2.43. The van der Waals surface area contributed by atoms with Crippen molar-refractivity contribution < 1.29 is 23.0 Å². The molecule has 1 amide bonds. The van der Waals surface area contributed by atoms with Crippen molar-refractivity contribution in [2.45, 2.75) is 6.29 Å². The number of halogens is 3. The summed E-state index contributed by atoms with van der Waals surface area (Å²) in [6, 6.07) is 3.60. The molecule has 1 aromatic rings. The fraction of sp³-hybridized carbons (Fsp3) is 0.125. The van der Waals surface area contributed by atoms with Crippen molar-refractivity contribution in [3.05, 3.63) is 23.8 Å². The maximum atomic E-state index is 12.5. The van der Waals surface area contributed by atoms with Gasteiger partial charge in [0, 0.05) is 5.56 Å². The Bertz CT molecular complexity index is 411. The van der Waals surface area contributed by atoms with E-state index in [1.165, 1.54) is 12.1 Å². The molecule has 0 spiro atoms. The van der Waals surface area contributed by atoms with Gasteiger partial charge in [0.15, 0.2) is 11.5 Å². The van der Waals surface area contributed by atoms with Gasteiger partial charge in [-0.25, -0.2) is 0 Å². The van der Waals surface area contributed by atoms with Crippen molar-refractivity contribution in [2.75, 3.05) is 0 Å². The topological polar surface area (TPSA) is 61.6 Å². The monoisotopic (exact) mass is 237 g/mol. The van der Waals surface area contributed by atoms with Gasteiger partial charge < -0.3 is 15.2 Å². The van der Waals surface area contributed by atoms with E-state index in [2.05, 4.69) is 9.47 Å². The Morgan fingerprint density at radius 1 is 1.27 bits per heavy atom. The molecule has 0 atom stereocenters. The number of nitrogens with two attached hydrogens (primary N) is 1. The fourth-order valence-electron chi connectivity index (χ4n) is 1.10. The molecule has 0 radical (unpaired) electrons. The first-order valence-corrected chi connectivity index (χ1v) is 3.68. The van der Waals surface area contributed by atoms with Gasteiger partial charge in [0.25, 0.3) is 0 Å². The number of primary amides is 1. The smallest absolute Gasteiger partial charge is 0.395 e. The van der Waals surface area contributed by atoms with E-state index in [9.17, 15) is 13.6 Å². The van der Waals surface area contributed by atoms with Crippen LogP contribution in [-0.4, -0.2) is 12.2 Å². The van der Waals surface area contributed by atoms with Crippen LogP contribution in [0.4, 0.5) is 8.78 Å². The van der Waals surface area contributed by atoms with Crippen LogP contribution in [0.2, 0.25) is 0 Å². The van der Waals surface area contributed by atoms with Crippen molar-refractivity contribution in [1.29, 1.82) is 0 Å². The quantitative estimate of drug-likeness (QED) is 0.806. The van der Waals surface area contributed by atoms with Crippen molar-refractivity contribution in [3.63, 3.8) is 0 Å². The first-order valence-electron chi connectivity index (χ1n) is 3.68. The Hall–Kier alpha value is -1.56. The van der Waals surface area contributed by atoms with Crippen LogP contribution < -0.4 is 15.2 Å². The number of hydrogen-bond donors (Lipinski definition) is 1. The number of ether oxygens (including phenoxy) is 2. The zero-order chi connectivity index (χ0) is 10.3. The van der Waals surface area contributed by atoms with Crippen molar-refractivity contribution >= 4 is 18.3 Å². The summed E-state index contributed by atoms with van der Waals surface area (Å²) in [5.41, 5.74) is 5.04. The van der Waals surface area contributed by atoms with Crippen molar-refractivity contribution in [1.82, 2.24) is 0 Å². The molecule has 15 heavy (non-hydrogen) atoms. The van der Waals surface area contributed by atoms with Gasteiger partial charge in [0.1, 0.15) is 0 Å². The Morgan fingerprint density at radius 2 is 1.87 bits per heavy atom. The van der Waals surface area contributed by atoms with Crippen molar-refractivity contribution in [3.8, 4) is 11.5 Å². The highest BCUT2D eigenvalue weighted by atomic mass is 35.5. The lowest BCUT2D eigenvalue weighted by molar-refractivity contribution is -0.286. The molecule has 82 valence electrons. The zero-order valence-corrected chi connectivity index (χ0v) is 8.01. The molecule has 0 unspecified atom stereocenters. The average molecular weight is 238 g/mol. The molecule has 0 saturated carbocycles. The van der Waals surface area contributed by atoms with Crippen LogP contribution in [0.15, 0.2) is 18.2 Å². The number of hydrogen-bond acceptors (Lipinski definition) is 3. The van der Waals surface area contributed by atoms with Gasteiger partial charge in [0.2, 0.25) is 5.91 Å². The minimum atomic E-state index is -3.67. The number of rotatable bonds is 1. The lowest BCUT2D eigenvalue weighted by Gasteiger charge is -2.04. The fourth-order valence-corrected chi connectivity index (χ4v) is 1.10. The summed E-state index contributed by atoms with van der Waals surface area (Å²) in [5, 5.41) is 0. The second kappa shape index (κ2) is 3.54. The molecule has 1 aromatic carbocycles. The molecule has 0 bridgehead atoms.